The van der Waals surface area contributed by atoms with Gasteiger partial charge in [0.25, 0.3) is 5.91 Å². The van der Waals surface area contributed by atoms with Crippen LogP contribution >= 0.6 is 0 Å². The third kappa shape index (κ3) is 5.11. The lowest BCUT2D eigenvalue weighted by Gasteiger charge is -2.11. The first-order valence-electron chi connectivity index (χ1n) is 7.27. The van der Waals surface area contributed by atoms with Gasteiger partial charge in [0.05, 0.1) is 0 Å². The minimum Gasteiger partial charge on any atom is -0.484 e. The molecule has 0 atom stereocenters. The van der Waals surface area contributed by atoms with Gasteiger partial charge < -0.3 is 9.64 Å². The average molecular weight is 309 g/mol. The SMILES string of the molecule is CN(C)C(=O)COc1ccc(C(=O)/C=C/c2ccccc2)cc1. The monoisotopic (exact) mass is 309 g/mol. The summed E-state index contributed by atoms with van der Waals surface area (Å²) in [4.78, 5) is 25.0. The van der Waals surface area contributed by atoms with Crippen LogP contribution in [0, 0.1) is 0 Å². The highest BCUT2D eigenvalue weighted by molar-refractivity contribution is 6.06. The minimum absolute atomic E-state index is 0.0196. The molecule has 0 aliphatic heterocycles. The molecule has 0 heterocycles. The topological polar surface area (TPSA) is 46.6 Å². The van der Waals surface area contributed by atoms with Gasteiger partial charge in [0.15, 0.2) is 12.4 Å². The predicted molar refractivity (Wildman–Crippen MR) is 90.4 cm³/mol. The first kappa shape index (κ1) is 16.5. The van der Waals surface area contributed by atoms with E-state index in [1.807, 2.05) is 30.3 Å². The second kappa shape index (κ2) is 7.94. The maximum atomic E-state index is 12.1. The Morgan fingerprint density at radius 1 is 1.00 bits per heavy atom. The van der Waals surface area contributed by atoms with Crippen molar-refractivity contribution in [3.8, 4) is 5.75 Å². The number of hydrogen-bond donors (Lipinski definition) is 0. The van der Waals surface area contributed by atoms with Crippen LogP contribution in [0.5, 0.6) is 5.75 Å². The van der Waals surface area contributed by atoms with E-state index in [9.17, 15) is 9.59 Å². The lowest BCUT2D eigenvalue weighted by atomic mass is 10.1. The van der Waals surface area contributed by atoms with Crippen molar-refractivity contribution in [3.05, 3.63) is 71.8 Å². The van der Waals surface area contributed by atoms with Gasteiger partial charge in [-0.3, -0.25) is 9.59 Å². The number of ether oxygens (including phenoxy) is 1. The second-order valence-electron chi connectivity index (χ2n) is 5.21. The largest absolute Gasteiger partial charge is 0.484 e. The van der Waals surface area contributed by atoms with Crippen molar-refractivity contribution < 1.29 is 14.3 Å². The van der Waals surface area contributed by atoms with Crippen LogP contribution in [0.1, 0.15) is 15.9 Å². The molecular formula is C19H19NO3. The van der Waals surface area contributed by atoms with Crippen LogP contribution in [0.15, 0.2) is 60.7 Å². The molecule has 0 fully saturated rings. The second-order valence-corrected chi connectivity index (χ2v) is 5.21. The number of ketones is 1. The molecule has 0 aromatic heterocycles. The van der Waals surface area contributed by atoms with Gasteiger partial charge in [-0.2, -0.15) is 0 Å². The minimum atomic E-state index is -0.115. The Balaban J connectivity index is 1.95. The van der Waals surface area contributed by atoms with Crippen molar-refractivity contribution in [2.45, 2.75) is 0 Å². The fraction of sp³-hybridized carbons (Fsp3) is 0.158. The van der Waals surface area contributed by atoms with E-state index in [1.165, 1.54) is 4.90 Å². The van der Waals surface area contributed by atoms with Gasteiger partial charge >= 0.3 is 0 Å². The number of nitrogens with zero attached hydrogens (tertiary/aromatic N) is 1. The fourth-order valence-electron chi connectivity index (χ4n) is 1.82. The van der Waals surface area contributed by atoms with E-state index < -0.39 is 0 Å². The number of likely N-dealkylation sites (N-methyl/N-ethyl adjacent to an activating group) is 1. The smallest absolute Gasteiger partial charge is 0.259 e. The van der Waals surface area contributed by atoms with Crippen LogP contribution in [0.25, 0.3) is 6.08 Å². The quantitative estimate of drug-likeness (QED) is 0.608. The van der Waals surface area contributed by atoms with Gasteiger partial charge in [0.2, 0.25) is 0 Å². The Morgan fingerprint density at radius 3 is 2.26 bits per heavy atom. The Hall–Kier alpha value is -2.88. The van der Waals surface area contributed by atoms with E-state index in [0.29, 0.717) is 11.3 Å². The highest BCUT2D eigenvalue weighted by Crippen LogP contribution is 2.13. The molecule has 0 radical (unpaired) electrons. The highest BCUT2D eigenvalue weighted by Gasteiger charge is 2.06. The van der Waals surface area contributed by atoms with Gasteiger partial charge in [-0.05, 0) is 35.9 Å². The van der Waals surface area contributed by atoms with Gasteiger partial charge in [0.1, 0.15) is 5.75 Å². The van der Waals surface area contributed by atoms with Gasteiger partial charge in [0, 0.05) is 19.7 Å². The van der Waals surface area contributed by atoms with Gasteiger partial charge in [-0.15, -0.1) is 0 Å². The zero-order valence-corrected chi connectivity index (χ0v) is 13.2. The van der Waals surface area contributed by atoms with Crippen LogP contribution in [-0.4, -0.2) is 37.3 Å². The zero-order valence-electron chi connectivity index (χ0n) is 13.2. The number of amides is 1. The van der Waals surface area contributed by atoms with Gasteiger partial charge in [-0.1, -0.05) is 36.4 Å². The van der Waals surface area contributed by atoms with Crippen molar-refractivity contribution in [2.24, 2.45) is 0 Å². The molecule has 0 bridgehead atoms. The van der Waals surface area contributed by atoms with Crippen LogP contribution in [0.2, 0.25) is 0 Å². The Bertz CT molecular complexity index is 688. The summed E-state index contributed by atoms with van der Waals surface area (Å²) in [6.45, 7) is -0.0196. The first-order valence-corrected chi connectivity index (χ1v) is 7.27. The lowest BCUT2D eigenvalue weighted by Crippen LogP contribution is -2.27. The summed E-state index contributed by atoms with van der Waals surface area (Å²) in [6, 6.07) is 16.4. The summed E-state index contributed by atoms with van der Waals surface area (Å²) in [7, 11) is 3.35. The lowest BCUT2D eigenvalue weighted by molar-refractivity contribution is -0.130. The number of carbonyl (C=O) groups is 2. The number of allylic oxidation sites excluding steroid dienone is 1. The molecule has 1 amide bonds. The van der Waals surface area contributed by atoms with E-state index in [1.54, 1.807) is 50.5 Å². The molecule has 0 saturated heterocycles. The standard InChI is InChI=1S/C19H19NO3/c1-20(2)19(22)14-23-17-11-9-16(10-12-17)18(21)13-8-15-6-4-3-5-7-15/h3-13H,14H2,1-2H3/b13-8+. The molecule has 0 aliphatic carbocycles. The van der Waals surface area contributed by atoms with Crippen LogP contribution in [0.3, 0.4) is 0 Å². The predicted octanol–water partition coefficient (Wildman–Crippen LogP) is 3.05. The van der Waals surface area contributed by atoms with Crippen LogP contribution < -0.4 is 4.74 Å². The number of benzene rings is 2. The molecule has 118 valence electrons. The molecule has 2 aromatic carbocycles. The third-order valence-electron chi connectivity index (χ3n) is 3.23. The molecule has 2 rings (SSSR count). The van der Waals surface area contributed by atoms with Crippen molar-refractivity contribution in [2.75, 3.05) is 20.7 Å². The van der Waals surface area contributed by atoms with Crippen molar-refractivity contribution in [3.63, 3.8) is 0 Å². The van der Waals surface area contributed by atoms with Crippen molar-refractivity contribution >= 4 is 17.8 Å². The number of rotatable bonds is 6. The van der Waals surface area contributed by atoms with Crippen molar-refractivity contribution in [1.29, 1.82) is 0 Å². The fourth-order valence-corrected chi connectivity index (χ4v) is 1.82. The molecule has 0 saturated carbocycles. The Labute approximate surface area is 136 Å². The molecule has 2 aromatic rings. The Morgan fingerprint density at radius 2 is 1.65 bits per heavy atom. The van der Waals surface area contributed by atoms with Crippen molar-refractivity contribution in [1.82, 2.24) is 4.90 Å². The van der Waals surface area contributed by atoms with E-state index in [0.717, 1.165) is 5.56 Å². The summed E-state index contributed by atoms with van der Waals surface area (Å²) >= 11 is 0. The van der Waals surface area contributed by atoms with E-state index >= 15 is 0 Å². The molecule has 0 unspecified atom stereocenters. The summed E-state index contributed by atoms with van der Waals surface area (Å²) in [5.41, 5.74) is 1.55. The summed E-state index contributed by atoms with van der Waals surface area (Å²) in [6.07, 6.45) is 3.32. The molecule has 0 spiro atoms. The normalized spacial score (nSPS) is 10.5. The van der Waals surface area contributed by atoms with E-state index in [-0.39, 0.29) is 18.3 Å². The van der Waals surface area contributed by atoms with E-state index in [4.69, 9.17) is 4.74 Å². The Kier molecular flexibility index (Phi) is 5.69. The highest BCUT2D eigenvalue weighted by atomic mass is 16.5. The maximum Gasteiger partial charge on any atom is 0.259 e. The molecule has 0 N–H and O–H groups in total. The first-order chi connectivity index (χ1) is 11.1. The van der Waals surface area contributed by atoms with E-state index in [2.05, 4.69) is 0 Å². The average Bonchev–Trinajstić information content (AvgIpc) is 2.58. The summed E-state index contributed by atoms with van der Waals surface area (Å²) < 4.78 is 5.37. The maximum absolute atomic E-state index is 12.1. The summed E-state index contributed by atoms with van der Waals surface area (Å²) in [5.74, 6) is 0.365. The molecular weight excluding hydrogens is 290 g/mol. The zero-order chi connectivity index (χ0) is 16.7. The molecule has 23 heavy (non-hydrogen) atoms. The summed E-state index contributed by atoms with van der Waals surface area (Å²) in [5, 5.41) is 0. The number of hydrogen-bond acceptors (Lipinski definition) is 3. The molecule has 0 aliphatic rings. The number of carbonyl (C=O) groups excluding carboxylic acids is 2. The van der Waals surface area contributed by atoms with Crippen LogP contribution in [0.4, 0.5) is 0 Å². The van der Waals surface area contributed by atoms with Crippen LogP contribution in [-0.2, 0) is 4.79 Å². The molecule has 4 nitrogen and oxygen atoms in total. The third-order valence-corrected chi connectivity index (χ3v) is 3.23. The van der Waals surface area contributed by atoms with Gasteiger partial charge in [-0.25, -0.2) is 0 Å². The molecule has 4 heteroatoms.